The molecular weight excluding hydrogens is 230 g/mol. The Kier molecular flexibility index (Phi) is 3.16. The largest absolute Gasteiger partial charge is 0.366 e. The molecule has 0 bridgehead atoms. The molecular formula is C12H9N5O. The van der Waals surface area contributed by atoms with Crippen molar-refractivity contribution < 1.29 is 4.79 Å². The lowest BCUT2D eigenvalue weighted by molar-refractivity contribution is 0.100. The number of nitrogens with one attached hydrogen (secondary N) is 1. The minimum absolute atomic E-state index is 0.0524. The number of carbonyl (C=O) groups excluding carboxylic acids is 1. The SMILES string of the molecule is N#Cc1nccc(Nc2ccccc2C(N)=O)n1. The number of amides is 1. The lowest BCUT2D eigenvalue weighted by Gasteiger charge is -2.08. The van der Waals surface area contributed by atoms with Crippen molar-refractivity contribution in [2.24, 2.45) is 5.73 Å². The molecule has 2 rings (SSSR count). The highest BCUT2D eigenvalue weighted by Crippen LogP contribution is 2.18. The maximum atomic E-state index is 11.2. The number of nitriles is 1. The van der Waals surface area contributed by atoms with E-state index >= 15 is 0 Å². The number of para-hydroxylation sites is 1. The van der Waals surface area contributed by atoms with Crippen molar-refractivity contribution in [2.45, 2.75) is 0 Å². The van der Waals surface area contributed by atoms with Gasteiger partial charge in [0.25, 0.3) is 5.91 Å². The Morgan fingerprint density at radius 3 is 2.83 bits per heavy atom. The Balaban J connectivity index is 2.34. The number of nitrogens with two attached hydrogens (primary N) is 1. The number of primary amides is 1. The van der Waals surface area contributed by atoms with Crippen LogP contribution in [-0.4, -0.2) is 15.9 Å². The third-order valence-electron chi connectivity index (χ3n) is 2.21. The monoisotopic (exact) mass is 239 g/mol. The van der Waals surface area contributed by atoms with Crippen LogP contribution in [0.1, 0.15) is 16.2 Å². The van der Waals surface area contributed by atoms with Crippen LogP contribution in [0.15, 0.2) is 36.5 Å². The van der Waals surface area contributed by atoms with Crippen molar-refractivity contribution in [3.05, 3.63) is 47.9 Å². The number of aromatic nitrogens is 2. The number of anilines is 2. The van der Waals surface area contributed by atoms with Crippen LogP contribution in [0.25, 0.3) is 0 Å². The van der Waals surface area contributed by atoms with E-state index in [4.69, 9.17) is 11.0 Å². The van der Waals surface area contributed by atoms with Gasteiger partial charge in [0.2, 0.25) is 5.82 Å². The summed E-state index contributed by atoms with van der Waals surface area (Å²) in [6.07, 6.45) is 1.46. The Hall–Kier alpha value is -2.94. The van der Waals surface area contributed by atoms with E-state index in [1.54, 1.807) is 30.3 Å². The van der Waals surface area contributed by atoms with Gasteiger partial charge in [-0.05, 0) is 18.2 Å². The summed E-state index contributed by atoms with van der Waals surface area (Å²) in [6.45, 7) is 0. The fourth-order valence-corrected chi connectivity index (χ4v) is 1.43. The fraction of sp³-hybridized carbons (Fsp3) is 0. The number of carbonyl (C=O) groups is 1. The van der Waals surface area contributed by atoms with Crippen LogP contribution in [0.2, 0.25) is 0 Å². The second kappa shape index (κ2) is 4.93. The summed E-state index contributed by atoms with van der Waals surface area (Å²) in [4.78, 5) is 18.9. The maximum Gasteiger partial charge on any atom is 0.250 e. The molecule has 0 aliphatic rings. The van der Waals surface area contributed by atoms with Gasteiger partial charge in [0, 0.05) is 6.20 Å². The molecule has 0 unspecified atom stereocenters. The molecule has 0 radical (unpaired) electrons. The molecule has 1 amide bonds. The van der Waals surface area contributed by atoms with Crippen LogP contribution in [-0.2, 0) is 0 Å². The summed E-state index contributed by atoms with van der Waals surface area (Å²) in [7, 11) is 0. The van der Waals surface area contributed by atoms with Crippen LogP contribution >= 0.6 is 0 Å². The summed E-state index contributed by atoms with van der Waals surface area (Å²) in [5.74, 6) is -0.0560. The molecule has 3 N–H and O–H groups in total. The standard InChI is InChI=1S/C12H9N5O/c13-7-11-15-6-5-10(17-11)16-9-4-2-1-3-8(9)12(14)18/h1-6H,(H2,14,18)(H,15,16,17). The molecule has 0 atom stereocenters. The zero-order valence-electron chi connectivity index (χ0n) is 9.29. The van der Waals surface area contributed by atoms with Crippen LogP contribution in [0.5, 0.6) is 0 Å². The van der Waals surface area contributed by atoms with Gasteiger partial charge in [-0.3, -0.25) is 4.79 Å². The second-order valence-corrected chi connectivity index (χ2v) is 3.41. The molecule has 6 nitrogen and oxygen atoms in total. The van der Waals surface area contributed by atoms with Gasteiger partial charge in [0.05, 0.1) is 11.3 Å². The minimum atomic E-state index is -0.535. The van der Waals surface area contributed by atoms with Crippen LogP contribution in [0, 0.1) is 11.3 Å². The quantitative estimate of drug-likeness (QED) is 0.837. The van der Waals surface area contributed by atoms with Gasteiger partial charge in [-0.25, -0.2) is 9.97 Å². The van der Waals surface area contributed by atoms with Gasteiger partial charge >= 0.3 is 0 Å². The smallest absolute Gasteiger partial charge is 0.250 e. The predicted molar refractivity (Wildman–Crippen MR) is 65.0 cm³/mol. The zero-order chi connectivity index (χ0) is 13.0. The second-order valence-electron chi connectivity index (χ2n) is 3.41. The highest BCUT2D eigenvalue weighted by Gasteiger charge is 2.07. The number of hydrogen-bond donors (Lipinski definition) is 2. The third kappa shape index (κ3) is 2.41. The Morgan fingerprint density at radius 2 is 2.11 bits per heavy atom. The van der Waals surface area contributed by atoms with E-state index in [0.717, 1.165) is 0 Å². The summed E-state index contributed by atoms with van der Waals surface area (Å²) in [5.41, 5.74) is 6.15. The number of benzene rings is 1. The number of rotatable bonds is 3. The van der Waals surface area contributed by atoms with Gasteiger partial charge < -0.3 is 11.1 Å². The van der Waals surface area contributed by atoms with E-state index in [-0.39, 0.29) is 5.82 Å². The first kappa shape index (κ1) is 11.5. The first-order valence-electron chi connectivity index (χ1n) is 5.09. The van der Waals surface area contributed by atoms with E-state index in [0.29, 0.717) is 17.1 Å². The molecule has 0 fully saturated rings. The summed E-state index contributed by atoms with van der Waals surface area (Å²) >= 11 is 0. The molecule has 1 heterocycles. The van der Waals surface area contributed by atoms with Crippen molar-refractivity contribution in [3.63, 3.8) is 0 Å². The molecule has 0 saturated carbocycles. The van der Waals surface area contributed by atoms with E-state index < -0.39 is 5.91 Å². The van der Waals surface area contributed by atoms with Gasteiger partial charge in [0.1, 0.15) is 11.9 Å². The minimum Gasteiger partial charge on any atom is -0.366 e. The molecule has 0 aliphatic carbocycles. The summed E-state index contributed by atoms with van der Waals surface area (Å²) < 4.78 is 0. The third-order valence-corrected chi connectivity index (χ3v) is 2.21. The molecule has 0 aliphatic heterocycles. The van der Waals surface area contributed by atoms with Crippen molar-refractivity contribution in [1.82, 2.24) is 9.97 Å². The van der Waals surface area contributed by atoms with Crippen molar-refractivity contribution in [1.29, 1.82) is 5.26 Å². The normalized spacial score (nSPS) is 9.50. The van der Waals surface area contributed by atoms with Gasteiger partial charge in [-0.2, -0.15) is 5.26 Å². The summed E-state index contributed by atoms with van der Waals surface area (Å²) in [5, 5.41) is 11.6. The Morgan fingerprint density at radius 1 is 1.33 bits per heavy atom. The molecule has 1 aromatic carbocycles. The van der Waals surface area contributed by atoms with E-state index in [2.05, 4.69) is 15.3 Å². The predicted octanol–water partition coefficient (Wildman–Crippen LogP) is 1.19. The van der Waals surface area contributed by atoms with Gasteiger partial charge in [-0.15, -0.1) is 0 Å². The fourth-order valence-electron chi connectivity index (χ4n) is 1.43. The van der Waals surface area contributed by atoms with Gasteiger partial charge in [0.15, 0.2) is 0 Å². The van der Waals surface area contributed by atoms with E-state index in [1.807, 2.05) is 6.07 Å². The van der Waals surface area contributed by atoms with Crippen molar-refractivity contribution in [2.75, 3.05) is 5.32 Å². The van der Waals surface area contributed by atoms with Crippen molar-refractivity contribution >= 4 is 17.4 Å². The first-order chi connectivity index (χ1) is 8.70. The first-order valence-corrected chi connectivity index (χ1v) is 5.09. The molecule has 2 aromatic rings. The Bertz CT molecular complexity index is 632. The van der Waals surface area contributed by atoms with Crippen LogP contribution in [0.3, 0.4) is 0 Å². The molecule has 1 aromatic heterocycles. The highest BCUT2D eigenvalue weighted by atomic mass is 16.1. The van der Waals surface area contributed by atoms with Crippen LogP contribution < -0.4 is 11.1 Å². The molecule has 6 heteroatoms. The maximum absolute atomic E-state index is 11.2. The number of nitrogens with zero attached hydrogens (tertiary/aromatic N) is 3. The zero-order valence-corrected chi connectivity index (χ0v) is 9.29. The lowest BCUT2D eigenvalue weighted by Crippen LogP contribution is -2.13. The van der Waals surface area contributed by atoms with Crippen molar-refractivity contribution in [3.8, 4) is 6.07 Å². The lowest BCUT2D eigenvalue weighted by atomic mass is 10.1. The topological polar surface area (TPSA) is 105 Å². The Labute approximate surface area is 103 Å². The number of hydrogen-bond acceptors (Lipinski definition) is 5. The van der Waals surface area contributed by atoms with Crippen LogP contribution in [0.4, 0.5) is 11.5 Å². The average molecular weight is 239 g/mol. The highest BCUT2D eigenvalue weighted by molar-refractivity contribution is 5.99. The van der Waals surface area contributed by atoms with Gasteiger partial charge in [-0.1, -0.05) is 12.1 Å². The summed E-state index contributed by atoms with van der Waals surface area (Å²) in [6, 6.07) is 10.2. The average Bonchev–Trinajstić information content (AvgIpc) is 2.39. The van der Waals surface area contributed by atoms with E-state index in [9.17, 15) is 4.79 Å². The van der Waals surface area contributed by atoms with E-state index in [1.165, 1.54) is 6.20 Å². The molecule has 18 heavy (non-hydrogen) atoms. The molecule has 0 spiro atoms. The molecule has 88 valence electrons. The molecule has 0 saturated heterocycles.